The van der Waals surface area contributed by atoms with Gasteiger partial charge in [0, 0.05) is 20.6 Å². The van der Waals surface area contributed by atoms with Crippen molar-refractivity contribution in [3.8, 4) is 0 Å². The van der Waals surface area contributed by atoms with Crippen molar-refractivity contribution in [3.63, 3.8) is 0 Å². The normalized spacial score (nSPS) is 12.5. The van der Waals surface area contributed by atoms with E-state index in [-0.39, 0.29) is 16.1 Å². The number of halogens is 4. The van der Waals surface area contributed by atoms with Crippen LogP contribution < -0.4 is 5.73 Å². The first-order valence-corrected chi connectivity index (χ1v) is 6.32. The molecule has 0 saturated heterocycles. The van der Waals surface area contributed by atoms with Gasteiger partial charge in [-0.15, -0.1) is 0 Å². The molecule has 2 aromatic carbocycles. The highest BCUT2D eigenvalue weighted by molar-refractivity contribution is 9.10. The molecular weight excluding hydrogens is 324 g/mol. The Morgan fingerprint density at radius 3 is 2.50 bits per heavy atom. The molecule has 0 spiro atoms. The zero-order valence-corrected chi connectivity index (χ0v) is 11.5. The van der Waals surface area contributed by atoms with Crippen molar-refractivity contribution in [2.75, 3.05) is 0 Å². The van der Waals surface area contributed by atoms with Crippen LogP contribution in [0, 0.1) is 11.6 Å². The largest absolute Gasteiger partial charge is 0.320 e. The van der Waals surface area contributed by atoms with Crippen LogP contribution in [0.25, 0.3) is 0 Å². The molecule has 1 atom stereocenters. The highest BCUT2D eigenvalue weighted by Gasteiger charge is 2.20. The summed E-state index contributed by atoms with van der Waals surface area (Å²) >= 11 is 9.14. The summed E-state index contributed by atoms with van der Waals surface area (Å²) in [6.45, 7) is 0. The smallest absolute Gasteiger partial charge is 0.129 e. The summed E-state index contributed by atoms with van der Waals surface area (Å²) in [5, 5.41) is 0.182. The quantitative estimate of drug-likeness (QED) is 0.865. The minimum Gasteiger partial charge on any atom is -0.320 e. The van der Waals surface area contributed by atoms with E-state index in [9.17, 15) is 8.78 Å². The Kier molecular flexibility index (Phi) is 4.00. The van der Waals surface area contributed by atoms with E-state index >= 15 is 0 Å². The fraction of sp³-hybridized carbons (Fsp3) is 0.0769. The fourth-order valence-electron chi connectivity index (χ4n) is 1.72. The third-order valence-corrected chi connectivity index (χ3v) is 3.43. The first kappa shape index (κ1) is 13.5. The molecule has 0 amide bonds. The fourth-order valence-corrected chi connectivity index (χ4v) is 2.38. The highest BCUT2D eigenvalue weighted by atomic mass is 79.9. The molecule has 0 fully saturated rings. The van der Waals surface area contributed by atoms with Crippen LogP contribution in [0.2, 0.25) is 5.02 Å². The third-order valence-electron chi connectivity index (χ3n) is 2.60. The third kappa shape index (κ3) is 2.55. The lowest BCUT2D eigenvalue weighted by Crippen LogP contribution is -2.16. The lowest BCUT2D eigenvalue weighted by molar-refractivity contribution is 0.576. The minimum atomic E-state index is -0.948. The first-order valence-electron chi connectivity index (χ1n) is 5.15. The summed E-state index contributed by atoms with van der Waals surface area (Å²) < 4.78 is 28.1. The highest BCUT2D eigenvalue weighted by Crippen LogP contribution is 2.31. The Labute approximate surface area is 117 Å². The van der Waals surface area contributed by atoms with Gasteiger partial charge in [-0.3, -0.25) is 0 Å². The van der Waals surface area contributed by atoms with E-state index in [2.05, 4.69) is 15.9 Å². The second-order valence-electron chi connectivity index (χ2n) is 3.78. The molecule has 2 rings (SSSR count). The minimum absolute atomic E-state index is 0.0937. The van der Waals surface area contributed by atoms with Crippen molar-refractivity contribution >= 4 is 27.5 Å². The second kappa shape index (κ2) is 5.34. The molecule has 2 aromatic rings. The van der Waals surface area contributed by atoms with Crippen molar-refractivity contribution in [3.05, 3.63) is 68.7 Å². The molecule has 0 aliphatic heterocycles. The Morgan fingerprint density at radius 2 is 1.83 bits per heavy atom. The summed E-state index contributed by atoms with van der Waals surface area (Å²) in [6.07, 6.45) is 0. The molecule has 5 heteroatoms. The predicted octanol–water partition coefficient (Wildman–Crippen LogP) is 4.43. The number of hydrogen-bond donors (Lipinski definition) is 1. The van der Waals surface area contributed by atoms with Crippen LogP contribution in [-0.2, 0) is 0 Å². The average molecular weight is 333 g/mol. The number of hydrogen-bond acceptors (Lipinski definition) is 1. The monoisotopic (exact) mass is 331 g/mol. The number of benzene rings is 2. The zero-order valence-electron chi connectivity index (χ0n) is 9.13. The predicted molar refractivity (Wildman–Crippen MR) is 71.5 cm³/mol. The Hall–Kier alpha value is -0.970. The van der Waals surface area contributed by atoms with E-state index < -0.39 is 17.7 Å². The summed E-state index contributed by atoms with van der Waals surface area (Å²) in [6, 6.07) is 7.64. The van der Waals surface area contributed by atoms with Gasteiger partial charge in [-0.1, -0.05) is 33.6 Å². The van der Waals surface area contributed by atoms with E-state index in [4.69, 9.17) is 17.3 Å². The molecule has 18 heavy (non-hydrogen) atoms. The number of nitrogens with two attached hydrogens (primary N) is 1. The van der Waals surface area contributed by atoms with Crippen molar-refractivity contribution in [2.24, 2.45) is 5.73 Å². The maximum absolute atomic E-state index is 13.7. The molecule has 94 valence electrons. The standard InChI is InChI=1S/C13H9BrClF2N/c14-7-4-5-10(16)8(6-7)13(18)12-9(15)2-1-3-11(12)17/h1-6,13H,18H2. The molecule has 0 saturated carbocycles. The van der Waals surface area contributed by atoms with Gasteiger partial charge in [-0.25, -0.2) is 8.78 Å². The van der Waals surface area contributed by atoms with Crippen LogP contribution in [0.5, 0.6) is 0 Å². The first-order chi connectivity index (χ1) is 8.50. The van der Waals surface area contributed by atoms with Gasteiger partial charge in [-0.05, 0) is 30.3 Å². The second-order valence-corrected chi connectivity index (χ2v) is 5.10. The Morgan fingerprint density at radius 1 is 1.11 bits per heavy atom. The molecule has 0 radical (unpaired) electrons. The van der Waals surface area contributed by atoms with Gasteiger partial charge in [0.15, 0.2) is 0 Å². The van der Waals surface area contributed by atoms with Gasteiger partial charge < -0.3 is 5.73 Å². The molecule has 1 nitrogen and oxygen atoms in total. The van der Waals surface area contributed by atoms with Crippen LogP contribution in [-0.4, -0.2) is 0 Å². The molecular formula is C13H9BrClF2N. The van der Waals surface area contributed by atoms with Gasteiger partial charge in [0.25, 0.3) is 0 Å². The van der Waals surface area contributed by atoms with E-state index in [0.717, 1.165) is 0 Å². The van der Waals surface area contributed by atoms with Crippen LogP contribution in [0.15, 0.2) is 40.9 Å². The number of rotatable bonds is 2. The molecule has 0 aromatic heterocycles. The Balaban J connectivity index is 2.54. The van der Waals surface area contributed by atoms with Gasteiger partial charge in [0.05, 0.1) is 6.04 Å². The van der Waals surface area contributed by atoms with Crippen molar-refractivity contribution in [1.29, 1.82) is 0 Å². The maximum Gasteiger partial charge on any atom is 0.129 e. The lowest BCUT2D eigenvalue weighted by Gasteiger charge is -2.16. The van der Waals surface area contributed by atoms with Gasteiger partial charge in [0.2, 0.25) is 0 Å². The van der Waals surface area contributed by atoms with Crippen LogP contribution in [0.3, 0.4) is 0 Å². The zero-order chi connectivity index (χ0) is 13.3. The molecule has 0 bridgehead atoms. The topological polar surface area (TPSA) is 26.0 Å². The maximum atomic E-state index is 13.7. The van der Waals surface area contributed by atoms with Crippen molar-refractivity contribution in [1.82, 2.24) is 0 Å². The molecule has 1 unspecified atom stereocenters. The SMILES string of the molecule is NC(c1cc(Br)ccc1F)c1c(F)cccc1Cl. The summed E-state index contributed by atoms with van der Waals surface area (Å²) in [5.41, 5.74) is 6.19. The van der Waals surface area contributed by atoms with Crippen LogP contribution in [0.1, 0.15) is 17.2 Å². The summed E-state index contributed by atoms with van der Waals surface area (Å²) in [4.78, 5) is 0. The molecule has 0 heterocycles. The van der Waals surface area contributed by atoms with E-state index in [1.807, 2.05) is 0 Å². The lowest BCUT2D eigenvalue weighted by atomic mass is 9.98. The van der Waals surface area contributed by atoms with Crippen molar-refractivity contribution in [2.45, 2.75) is 6.04 Å². The average Bonchev–Trinajstić information content (AvgIpc) is 2.32. The molecule has 0 aliphatic carbocycles. The van der Waals surface area contributed by atoms with Gasteiger partial charge in [-0.2, -0.15) is 0 Å². The molecule has 0 aliphatic rings. The van der Waals surface area contributed by atoms with Crippen LogP contribution >= 0.6 is 27.5 Å². The van der Waals surface area contributed by atoms with Crippen LogP contribution in [0.4, 0.5) is 8.78 Å². The van der Waals surface area contributed by atoms with E-state index in [1.54, 1.807) is 6.07 Å². The van der Waals surface area contributed by atoms with E-state index in [0.29, 0.717) is 4.47 Å². The summed E-state index contributed by atoms with van der Waals surface area (Å²) in [5.74, 6) is -1.04. The van der Waals surface area contributed by atoms with Crippen molar-refractivity contribution < 1.29 is 8.78 Å². The van der Waals surface area contributed by atoms with E-state index in [1.165, 1.54) is 30.3 Å². The molecule has 2 N–H and O–H groups in total. The van der Waals surface area contributed by atoms with Gasteiger partial charge >= 0.3 is 0 Å². The van der Waals surface area contributed by atoms with Gasteiger partial charge in [0.1, 0.15) is 11.6 Å². The summed E-state index contributed by atoms with van der Waals surface area (Å²) in [7, 11) is 0. The Bertz CT molecular complexity index is 569.